The highest BCUT2D eigenvalue weighted by molar-refractivity contribution is 6.04. The first kappa shape index (κ1) is 14.9. The number of hydroxylamine groups is 1. The van der Waals surface area contributed by atoms with Gasteiger partial charge in [-0.05, 0) is 39.1 Å². The van der Waals surface area contributed by atoms with E-state index in [1.165, 1.54) is 0 Å². The molecule has 2 heterocycles. The monoisotopic (exact) mass is 305 g/mol. The fourth-order valence-corrected chi connectivity index (χ4v) is 2.57. The van der Waals surface area contributed by atoms with E-state index in [2.05, 4.69) is 10.4 Å². The topological polar surface area (TPSA) is 89.5 Å². The van der Waals surface area contributed by atoms with Crippen LogP contribution in [0.15, 0.2) is 17.1 Å². The second-order valence-electron chi connectivity index (χ2n) is 5.57. The zero-order valence-corrected chi connectivity index (χ0v) is 12.7. The molecule has 3 rings (SSSR count). The van der Waals surface area contributed by atoms with Gasteiger partial charge in [-0.2, -0.15) is 0 Å². The molecule has 1 N–H and O–H groups in total. The van der Waals surface area contributed by atoms with Crippen LogP contribution in [0.3, 0.4) is 0 Å². The van der Waals surface area contributed by atoms with Crippen molar-refractivity contribution in [2.75, 3.05) is 44.0 Å². The van der Waals surface area contributed by atoms with E-state index in [1.807, 2.05) is 19.0 Å². The minimum absolute atomic E-state index is 0.0148. The molecule has 22 heavy (non-hydrogen) atoms. The summed E-state index contributed by atoms with van der Waals surface area (Å²) in [6.07, 6.45) is 1.56. The van der Waals surface area contributed by atoms with E-state index in [1.54, 1.807) is 12.1 Å². The molecule has 0 amide bonds. The molecule has 0 saturated carbocycles. The number of hydrogen-bond acceptors (Lipinski definition) is 6. The van der Waals surface area contributed by atoms with Gasteiger partial charge in [0.15, 0.2) is 0 Å². The Morgan fingerprint density at radius 3 is 2.95 bits per heavy atom. The highest BCUT2D eigenvalue weighted by atomic mass is 16.6. The third kappa shape index (κ3) is 2.68. The Morgan fingerprint density at radius 1 is 1.36 bits per heavy atom. The number of aliphatic imine (C=N–C) groups is 1. The summed E-state index contributed by atoms with van der Waals surface area (Å²) in [5.74, 6) is 0.690. The van der Waals surface area contributed by atoms with Gasteiger partial charge in [-0.3, -0.25) is 10.4 Å². The Morgan fingerprint density at radius 2 is 2.18 bits per heavy atom. The fourth-order valence-electron chi connectivity index (χ4n) is 2.57. The van der Waals surface area contributed by atoms with Crippen molar-refractivity contribution in [3.8, 4) is 5.75 Å². The number of guanidine groups is 1. The molecule has 0 radical (unpaired) electrons. The van der Waals surface area contributed by atoms with Crippen molar-refractivity contribution in [3.05, 3.63) is 28.1 Å². The van der Waals surface area contributed by atoms with Crippen molar-refractivity contribution >= 4 is 17.3 Å². The van der Waals surface area contributed by atoms with Crippen molar-refractivity contribution in [3.63, 3.8) is 0 Å². The van der Waals surface area contributed by atoms with Crippen LogP contribution in [0.4, 0.5) is 11.4 Å². The summed E-state index contributed by atoms with van der Waals surface area (Å²) in [7, 11) is 3.84. The quantitative estimate of drug-likeness (QED) is 0.893. The molecule has 2 aliphatic heterocycles. The van der Waals surface area contributed by atoms with Crippen LogP contribution in [0.1, 0.15) is 12.0 Å². The maximum Gasteiger partial charge on any atom is 0.206 e. The standard InChI is InChI=1S/C14H19N5O3/c1-17(2)8-7-15-14-16-19(21)13-10-4-3-9-22-12(10)6-5-11(13)18(14)20/h5-6H,3-4,7-9H2,1-2H3,(H,15,16)/q-2. The number of fused-ring (bicyclic) bond motifs is 3. The van der Waals surface area contributed by atoms with Gasteiger partial charge < -0.3 is 30.3 Å². The Bertz CT molecular complexity index is 590. The third-order valence-corrected chi connectivity index (χ3v) is 3.67. The first-order valence-corrected chi connectivity index (χ1v) is 7.27. The average molecular weight is 305 g/mol. The Balaban J connectivity index is 1.91. The van der Waals surface area contributed by atoms with Crippen molar-refractivity contribution in [2.45, 2.75) is 12.8 Å². The van der Waals surface area contributed by atoms with Crippen LogP contribution in [-0.2, 0) is 6.42 Å². The van der Waals surface area contributed by atoms with E-state index in [-0.39, 0.29) is 5.96 Å². The summed E-state index contributed by atoms with van der Waals surface area (Å²) in [4.78, 5) is 6.13. The highest BCUT2D eigenvalue weighted by Gasteiger charge is 2.24. The minimum Gasteiger partial charge on any atom is -0.752 e. The smallest absolute Gasteiger partial charge is 0.206 e. The number of nitrogens with zero attached hydrogens (tertiary/aromatic N) is 4. The molecule has 0 saturated heterocycles. The molecule has 0 unspecified atom stereocenters. The SMILES string of the molecule is CN(C)CCN=C1NN([O-])c2c(ccc3c2CCCO3)N1[O-]. The summed E-state index contributed by atoms with van der Waals surface area (Å²) in [6, 6.07) is 3.36. The van der Waals surface area contributed by atoms with Crippen molar-refractivity contribution in [2.24, 2.45) is 4.99 Å². The van der Waals surface area contributed by atoms with Crippen LogP contribution in [-0.4, -0.2) is 44.7 Å². The molecule has 1 aromatic rings. The number of hydrazine groups is 1. The number of rotatable bonds is 3. The Kier molecular flexibility index (Phi) is 4.06. The lowest BCUT2D eigenvalue weighted by Gasteiger charge is -2.48. The number of likely N-dealkylation sites (N-methyl/N-ethyl adjacent to an activating group) is 1. The lowest BCUT2D eigenvalue weighted by atomic mass is 10.0. The summed E-state index contributed by atoms with van der Waals surface area (Å²) in [5.41, 5.74) is 3.93. The van der Waals surface area contributed by atoms with Crippen molar-refractivity contribution in [1.29, 1.82) is 0 Å². The van der Waals surface area contributed by atoms with Crippen molar-refractivity contribution < 1.29 is 4.74 Å². The normalized spacial score (nSPS) is 18.9. The molecule has 0 fully saturated rings. The molecule has 0 spiro atoms. The summed E-state index contributed by atoms with van der Waals surface area (Å²) >= 11 is 0. The lowest BCUT2D eigenvalue weighted by Crippen LogP contribution is -2.51. The molecular formula is C14H19N5O3-2. The van der Waals surface area contributed by atoms with E-state index in [9.17, 15) is 10.4 Å². The predicted molar refractivity (Wildman–Crippen MR) is 85.9 cm³/mol. The van der Waals surface area contributed by atoms with Crippen molar-refractivity contribution in [1.82, 2.24) is 10.3 Å². The lowest BCUT2D eigenvalue weighted by molar-refractivity contribution is 0.288. The molecule has 120 valence electrons. The van der Waals surface area contributed by atoms with E-state index < -0.39 is 0 Å². The summed E-state index contributed by atoms with van der Waals surface area (Å²) < 4.78 is 5.54. The van der Waals surface area contributed by atoms with Gasteiger partial charge in [-0.15, -0.1) is 0 Å². The van der Waals surface area contributed by atoms with Gasteiger partial charge in [0.05, 0.1) is 24.5 Å². The molecule has 0 atom stereocenters. The zero-order chi connectivity index (χ0) is 15.7. The Labute approximate surface area is 129 Å². The largest absolute Gasteiger partial charge is 0.752 e. The molecule has 0 aromatic heterocycles. The summed E-state index contributed by atoms with van der Waals surface area (Å²) in [5, 5.41) is 26.0. The van der Waals surface area contributed by atoms with Crippen LogP contribution in [0.5, 0.6) is 5.75 Å². The predicted octanol–water partition coefficient (Wildman–Crippen LogP) is 1.06. The molecule has 1 aromatic carbocycles. The van der Waals surface area contributed by atoms with Crippen LogP contribution < -0.4 is 20.4 Å². The third-order valence-electron chi connectivity index (χ3n) is 3.67. The van der Waals surface area contributed by atoms with Gasteiger partial charge in [0.1, 0.15) is 5.75 Å². The first-order chi connectivity index (χ1) is 10.6. The average Bonchev–Trinajstić information content (AvgIpc) is 2.50. The molecule has 8 nitrogen and oxygen atoms in total. The van der Waals surface area contributed by atoms with Gasteiger partial charge in [0, 0.05) is 12.1 Å². The van der Waals surface area contributed by atoms with Crippen LogP contribution >= 0.6 is 0 Å². The molecule has 2 aliphatic rings. The van der Waals surface area contributed by atoms with Crippen LogP contribution in [0, 0.1) is 10.4 Å². The maximum atomic E-state index is 12.4. The van der Waals surface area contributed by atoms with E-state index in [0.717, 1.165) is 18.4 Å². The molecular weight excluding hydrogens is 286 g/mol. The molecule has 0 aliphatic carbocycles. The number of hydrogen-bond donors (Lipinski definition) is 1. The molecule has 0 bridgehead atoms. The zero-order valence-electron chi connectivity index (χ0n) is 12.7. The second kappa shape index (κ2) is 5.99. The minimum atomic E-state index is 0.0148. The van der Waals surface area contributed by atoms with Gasteiger partial charge in [0.2, 0.25) is 5.96 Å². The number of benzene rings is 1. The second-order valence-corrected chi connectivity index (χ2v) is 5.57. The van der Waals surface area contributed by atoms with Gasteiger partial charge >= 0.3 is 0 Å². The summed E-state index contributed by atoms with van der Waals surface area (Å²) in [6.45, 7) is 1.77. The Hall–Kier alpha value is -2.03. The van der Waals surface area contributed by atoms with Crippen LogP contribution in [0.25, 0.3) is 0 Å². The molecule has 8 heteroatoms. The first-order valence-electron chi connectivity index (χ1n) is 7.27. The number of ether oxygens (including phenoxy) is 1. The van der Waals surface area contributed by atoms with E-state index in [4.69, 9.17) is 4.74 Å². The van der Waals surface area contributed by atoms with Gasteiger partial charge in [-0.1, -0.05) is 0 Å². The van der Waals surface area contributed by atoms with Gasteiger partial charge in [-0.25, -0.2) is 0 Å². The van der Waals surface area contributed by atoms with Crippen LogP contribution in [0.2, 0.25) is 0 Å². The maximum absolute atomic E-state index is 12.4. The highest BCUT2D eigenvalue weighted by Crippen LogP contribution is 2.41. The van der Waals surface area contributed by atoms with Gasteiger partial charge in [0.25, 0.3) is 0 Å². The number of nitrogens with one attached hydrogen (secondary N) is 1. The fraction of sp³-hybridized carbons (Fsp3) is 0.500. The van der Waals surface area contributed by atoms with E-state index in [0.29, 0.717) is 47.1 Å². The van der Waals surface area contributed by atoms with E-state index >= 15 is 0 Å². The number of anilines is 2.